The number of Topliss-reactive ketones (excluding diaryl/α,β-unsaturated/α-hetero) is 1. The number of methoxy groups -OCH3 is 2. The second kappa shape index (κ2) is 5.81. The number of ether oxygens (including phenoxy) is 3. The quantitative estimate of drug-likeness (QED) is 0.495. The molecule has 2 rings (SSSR count). The Hall–Kier alpha value is -1.92. The second-order valence-corrected chi connectivity index (χ2v) is 4.02. The summed E-state index contributed by atoms with van der Waals surface area (Å²) in [5.41, 5.74) is 1.11. The largest absolute Gasteiger partial charge is 0.491 e. The molecule has 0 saturated heterocycles. The summed E-state index contributed by atoms with van der Waals surface area (Å²) in [4.78, 5) is 12.0. The fraction of sp³-hybridized carbons (Fsp3) is 0.385. The molecule has 0 radical (unpaired) electrons. The maximum Gasteiger partial charge on any atom is 0.214 e. The van der Waals surface area contributed by atoms with E-state index in [-0.39, 0.29) is 11.5 Å². The first kappa shape index (κ1) is 13.5. The second-order valence-electron chi connectivity index (χ2n) is 4.02. The summed E-state index contributed by atoms with van der Waals surface area (Å²) < 4.78 is 15.5. The number of benzene rings is 1. The number of ketones is 1. The monoisotopic (exact) mass is 265 g/mol. The molecule has 0 aliphatic heterocycles. The molecule has 6 heteroatoms. The molecule has 0 spiro atoms. The Morgan fingerprint density at radius 2 is 2.11 bits per heavy atom. The molecule has 1 aliphatic rings. The third kappa shape index (κ3) is 2.45. The predicted octanol–water partition coefficient (Wildman–Crippen LogP) is 1.43. The van der Waals surface area contributed by atoms with E-state index in [1.54, 1.807) is 25.3 Å². The summed E-state index contributed by atoms with van der Waals surface area (Å²) in [5, 5.41) is 11.9. The number of oxime groups is 1. The number of nitrogens with zero attached hydrogens (tertiary/aromatic N) is 1. The van der Waals surface area contributed by atoms with Gasteiger partial charge < -0.3 is 19.4 Å². The van der Waals surface area contributed by atoms with Gasteiger partial charge >= 0.3 is 0 Å². The minimum absolute atomic E-state index is 0.00783. The zero-order valence-electron chi connectivity index (χ0n) is 10.8. The number of carbonyl (C=O) groups excluding carboxylic acids is 1. The number of hydrogen-bond donors (Lipinski definition) is 1. The first-order chi connectivity index (χ1) is 9.22. The van der Waals surface area contributed by atoms with Crippen LogP contribution < -0.4 is 4.74 Å². The normalized spacial score (nSPS) is 19.8. The smallest absolute Gasteiger partial charge is 0.214 e. The molecular formula is C13H15NO5. The van der Waals surface area contributed by atoms with E-state index in [1.807, 2.05) is 0 Å². The minimum atomic E-state index is -0.625. The lowest BCUT2D eigenvalue weighted by Crippen LogP contribution is -2.14. The molecule has 0 saturated carbocycles. The Balaban J connectivity index is 2.27. The van der Waals surface area contributed by atoms with E-state index >= 15 is 0 Å². The summed E-state index contributed by atoms with van der Waals surface area (Å²) in [5.74, 6) is 0.222. The van der Waals surface area contributed by atoms with Gasteiger partial charge in [-0.2, -0.15) is 0 Å². The molecule has 0 bridgehead atoms. The van der Waals surface area contributed by atoms with Gasteiger partial charge in [0, 0.05) is 19.8 Å². The van der Waals surface area contributed by atoms with Crippen LogP contribution in [0.1, 0.15) is 22.0 Å². The first-order valence-electron chi connectivity index (χ1n) is 5.78. The van der Waals surface area contributed by atoms with Gasteiger partial charge in [-0.25, -0.2) is 0 Å². The average Bonchev–Trinajstić information content (AvgIpc) is 2.71. The summed E-state index contributed by atoms with van der Waals surface area (Å²) >= 11 is 0. The molecule has 1 aliphatic carbocycles. The van der Waals surface area contributed by atoms with Gasteiger partial charge in [0.05, 0.1) is 6.61 Å². The third-order valence-corrected chi connectivity index (χ3v) is 2.93. The summed E-state index contributed by atoms with van der Waals surface area (Å²) in [6.45, 7) is 0.868. The maximum atomic E-state index is 12.0. The van der Waals surface area contributed by atoms with Gasteiger partial charge in [0.25, 0.3) is 0 Å². The Morgan fingerprint density at radius 3 is 2.74 bits per heavy atom. The topological polar surface area (TPSA) is 77.4 Å². The molecular weight excluding hydrogens is 250 g/mol. The van der Waals surface area contributed by atoms with Crippen LogP contribution >= 0.6 is 0 Å². The van der Waals surface area contributed by atoms with Crippen LogP contribution in [0.5, 0.6) is 5.75 Å². The standard InChI is InChI=1S/C13H15NO5/c1-17-5-6-19-8-3-4-9-10(7-8)12(15)11(14-16)13(9)18-2/h3-4,7,13,16H,5-6H2,1-2H3. The molecule has 19 heavy (non-hydrogen) atoms. The molecule has 102 valence electrons. The van der Waals surface area contributed by atoms with Crippen molar-refractivity contribution in [3.63, 3.8) is 0 Å². The number of carbonyl (C=O) groups is 1. The van der Waals surface area contributed by atoms with Crippen molar-refractivity contribution in [2.24, 2.45) is 5.16 Å². The van der Waals surface area contributed by atoms with Crippen molar-refractivity contribution in [3.05, 3.63) is 29.3 Å². The summed E-state index contributed by atoms with van der Waals surface area (Å²) in [7, 11) is 3.05. The Bertz CT molecular complexity index is 512. The van der Waals surface area contributed by atoms with Crippen molar-refractivity contribution >= 4 is 11.5 Å². The lowest BCUT2D eigenvalue weighted by molar-refractivity contribution is 0.104. The van der Waals surface area contributed by atoms with Crippen LogP contribution in [0, 0.1) is 0 Å². The highest BCUT2D eigenvalue weighted by Crippen LogP contribution is 2.34. The van der Waals surface area contributed by atoms with E-state index in [4.69, 9.17) is 19.4 Å². The third-order valence-electron chi connectivity index (χ3n) is 2.93. The van der Waals surface area contributed by atoms with Crippen molar-refractivity contribution in [2.45, 2.75) is 6.10 Å². The van der Waals surface area contributed by atoms with E-state index in [9.17, 15) is 4.79 Å². The molecule has 1 aromatic rings. The minimum Gasteiger partial charge on any atom is -0.491 e. The van der Waals surface area contributed by atoms with Crippen LogP contribution in [0.3, 0.4) is 0 Å². The molecule has 0 heterocycles. The van der Waals surface area contributed by atoms with Crippen molar-refractivity contribution in [3.8, 4) is 5.75 Å². The highest BCUT2D eigenvalue weighted by molar-refractivity contribution is 6.50. The molecule has 1 unspecified atom stereocenters. The fourth-order valence-electron chi connectivity index (χ4n) is 2.03. The van der Waals surface area contributed by atoms with Gasteiger partial charge in [0.15, 0.2) is 5.71 Å². The first-order valence-corrected chi connectivity index (χ1v) is 5.78. The van der Waals surface area contributed by atoms with E-state index < -0.39 is 6.10 Å². The number of hydrogen-bond acceptors (Lipinski definition) is 6. The highest BCUT2D eigenvalue weighted by Gasteiger charge is 2.37. The number of rotatable bonds is 5. The lowest BCUT2D eigenvalue weighted by atomic mass is 10.1. The Morgan fingerprint density at radius 1 is 1.32 bits per heavy atom. The van der Waals surface area contributed by atoms with Crippen LogP contribution in [-0.2, 0) is 9.47 Å². The molecule has 6 nitrogen and oxygen atoms in total. The van der Waals surface area contributed by atoms with E-state index in [2.05, 4.69) is 5.16 Å². The van der Waals surface area contributed by atoms with Crippen LogP contribution in [-0.4, -0.2) is 44.1 Å². The molecule has 0 aromatic heterocycles. The lowest BCUT2D eigenvalue weighted by Gasteiger charge is -2.09. The van der Waals surface area contributed by atoms with Gasteiger partial charge in [-0.1, -0.05) is 11.2 Å². The number of fused-ring (bicyclic) bond motifs is 1. The van der Waals surface area contributed by atoms with Crippen LogP contribution in [0.25, 0.3) is 0 Å². The summed E-state index contributed by atoms with van der Waals surface area (Å²) in [6, 6.07) is 5.10. The average molecular weight is 265 g/mol. The molecule has 0 amide bonds. The molecule has 0 fully saturated rings. The molecule has 1 N–H and O–H groups in total. The van der Waals surface area contributed by atoms with E-state index in [0.29, 0.717) is 30.1 Å². The van der Waals surface area contributed by atoms with Crippen molar-refractivity contribution in [2.75, 3.05) is 27.4 Å². The van der Waals surface area contributed by atoms with Gasteiger partial charge in [-0.15, -0.1) is 0 Å². The maximum absolute atomic E-state index is 12.0. The fourth-order valence-corrected chi connectivity index (χ4v) is 2.03. The summed E-state index contributed by atoms with van der Waals surface area (Å²) in [6.07, 6.45) is -0.625. The zero-order chi connectivity index (χ0) is 13.8. The molecule has 1 atom stereocenters. The molecule has 1 aromatic carbocycles. The zero-order valence-corrected chi connectivity index (χ0v) is 10.8. The Labute approximate surface area is 110 Å². The van der Waals surface area contributed by atoms with E-state index in [1.165, 1.54) is 7.11 Å². The highest BCUT2D eigenvalue weighted by atomic mass is 16.5. The predicted molar refractivity (Wildman–Crippen MR) is 67.1 cm³/mol. The SMILES string of the molecule is COCCOc1ccc2c(c1)C(=O)C(=NO)C2OC. The van der Waals surface area contributed by atoms with Crippen molar-refractivity contribution < 1.29 is 24.2 Å². The van der Waals surface area contributed by atoms with Gasteiger partial charge in [-0.3, -0.25) is 4.79 Å². The van der Waals surface area contributed by atoms with E-state index in [0.717, 1.165) is 0 Å². The van der Waals surface area contributed by atoms with Crippen LogP contribution in [0.2, 0.25) is 0 Å². The van der Waals surface area contributed by atoms with Crippen LogP contribution in [0.15, 0.2) is 23.4 Å². The van der Waals surface area contributed by atoms with Gasteiger partial charge in [0.1, 0.15) is 18.5 Å². The van der Waals surface area contributed by atoms with Gasteiger partial charge in [0.2, 0.25) is 5.78 Å². The Kier molecular flexibility index (Phi) is 4.13. The van der Waals surface area contributed by atoms with Crippen LogP contribution in [0.4, 0.5) is 0 Å². The van der Waals surface area contributed by atoms with Gasteiger partial charge in [-0.05, 0) is 17.7 Å². The van der Waals surface area contributed by atoms with Crippen molar-refractivity contribution in [1.29, 1.82) is 0 Å². The van der Waals surface area contributed by atoms with Crippen molar-refractivity contribution in [1.82, 2.24) is 0 Å².